The lowest BCUT2D eigenvalue weighted by atomic mass is 10.1. The van der Waals surface area contributed by atoms with Gasteiger partial charge in [0, 0.05) is 61.9 Å². The third-order valence-corrected chi connectivity index (χ3v) is 12.3. The van der Waals surface area contributed by atoms with Crippen molar-refractivity contribution in [3.63, 3.8) is 0 Å². The highest BCUT2D eigenvalue weighted by molar-refractivity contribution is 7.90. The summed E-state index contributed by atoms with van der Waals surface area (Å²) in [5, 5.41) is 43.8. The summed E-state index contributed by atoms with van der Waals surface area (Å²) >= 11 is 0. The zero-order valence-electron chi connectivity index (χ0n) is 30.8. The minimum atomic E-state index is -4.95. The number of sulfone groups is 1. The highest BCUT2D eigenvalue weighted by Crippen LogP contribution is 2.41. The molecule has 0 fully saturated rings. The van der Waals surface area contributed by atoms with E-state index in [2.05, 4.69) is 9.97 Å². The average molecular weight is 869 g/mol. The molecule has 0 aliphatic rings. The van der Waals surface area contributed by atoms with Crippen LogP contribution in [0, 0.1) is 20.2 Å². The van der Waals surface area contributed by atoms with Crippen molar-refractivity contribution in [2.45, 2.75) is 48.9 Å². The number of aliphatic hydroxyl groups is 2. The van der Waals surface area contributed by atoms with Gasteiger partial charge in [0.25, 0.3) is 11.4 Å². The number of aromatic amines is 2. The molecule has 0 radical (unpaired) electrons. The van der Waals surface area contributed by atoms with Crippen molar-refractivity contribution in [1.82, 2.24) is 9.97 Å². The Morgan fingerprint density at radius 2 is 1.07 bits per heavy atom. The van der Waals surface area contributed by atoms with E-state index in [0.717, 1.165) is 17.7 Å². The molecule has 0 amide bonds. The molecule has 6 rings (SSSR count). The number of hydrogen-bond donors (Lipinski definition) is 4. The fourth-order valence-corrected chi connectivity index (χ4v) is 9.52. The number of nitrogens with zero attached hydrogens (tertiary/aromatic N) is 2. The van der Waals surface area contributed by atoms with Crippen LogP contribution in [-0.2, 0) is 55.7 Å². The van der Waals surface area contributed by atoms with Crippen LogP contribution >= 0.6 is 0 Å². The van der Waals surface area contributed by atoms with Crippen LogP contribution in [0.1, 0.15) is 47.5 Å². The summed E-state index contributed by atoms with van der Waals surface area (Å²) in [6.45, 7) is 2.60. The minimum Gasteiger partial charge on any atom is -0.383 e. The Morgan fingerprint density at radius 1 is 0.661 bits per heavy atom. The smallest absolute Gasteiger partial charge is 0.383 e. The number of alkyl halides is 6. The number of nitro benzene ring substituents is 2. The lowest BCUT2D eigenvalue weighted by molar-refractivity contribution is -0.388. The van der Waals surface area contributed by atoms with Crippen molar-refractivity contribution in [3.05, 3.63) is 151 Å². The number of fused-ring (bicyclic) bond motifs is 2. The molecule has 3 unspecified atom stereocenters. The summed E-state index contributed by atoms with van der Waals surface area (Å²) in [6.07, 6.45) is -9.86. The molecule has 314 valence electrons. The lowest BCUT2D eigenvalue weighted by Crippen LogP contribution is -2.32. The average Bonchev–Trinajstić information content (AvgIpc) is 3.75. The Kier molecular flexibility index (Phi) is 12.5. The largest absolute Gasteiger partial charge is 0.423 e. The van der Waals surface area contributed by atoms with Crippen molar-refractivity contribution in [1.29, 1.82) is 0 Å². The molecule has 59 heavy (non-hydrogen) atoms. The maximum absolute atomic E-state index is 13.2. The summed E-state index contributed by atoms with van der Waals surface area (Å²) in [5.41, 5.74) is -7.31. The van der Waals surface area contributed by atoms with E-state index in [0.29, 0.717) is 17.7 Å². The van der Waals surface area contributed by atoms with Gasteiger partial charge in [-0.2, -0.15) is 26.3 Å². The first-order valence-electron chi connectivity index (χ1n) is 17.1. The number of halogens is 6. The summed E-state index contributed by atoms with van der Waals surface area (Å²) in [4.78, 5) is 25.1. The van der Waals surface area contributed by atoms with E-state index in [-0.39, 0.29) is 50.5 Å². The summed E-state index contributed by atoms with van der Waals surface area (Å²) in [6, 6.07) is 22.6. The van der Waals surface area contributed by atoms with Crippen LogP contribution in [-0.4, -0.2) is 54.2 Å². The number of H-pyrrole nitrogens is 2. The van der Waals surface area contributed by atoms with Crippen LogP contribution in [0.25, 0.3) is 21.8 Å². The molecule has 0 saturated heterocycles. The number of hydrogen-bond acceptors (Lipinski definition) is 9. The normalized spacial score (nSPS) is 14.9. The van der Waals surface area contributed by atoms with Crippen molar-refractivity contribution in [2.24, 2.45) is 0 Å². The second kappa shape index (κ2) is 16.5. The van der Waals surface area contributed by atoms with Crippen molar-refractivity contribution in [2.75, 3.05) is 11.5 Å². The van der Waals surface area contributed by atoms with E-state index < -0.39 is 82.3 Å². The molecule has 3 atom stereocenters. The molecule has 0 spiro atoms. The molecule has 21 heteroatoms. The Hall–Kier alpha value is -5.64. The first-order valence-corrected chi connectivity index (χ1v) is 20.4. The summed E-state index contributed by atoms with van der Waals surface area (Å²) in [7, 11) is -5.24. The molecular weight excluding hydrogens is 835 g/mol. The number of nitro groups is 2. The Labute approximate surface area is 333 Å². The van der Waals surface area contributed by atoms with E-state index in [1.54, 1.807) is 54.6 Å². The van der Waals surface area contributed by atoms with E-state index >= 15 is 0 Å². The topological polar surface area (TPSA) is 210 Å². The van der Waals surface area contributed by atoms with Gasteiger partial charge in [0.15, 0.2) is 9.84 Å². The van der Waals surface area contributed by atoms with E-state index in [1.807, 2.05) is 6.07 Å². The zero-order chi connectivity index (χ0) is 43.7. The van der Waals surface area contributed by atoms with Crippen LogP contribution in [0.3, 0.4) is 0 Å². The molecule has 13 nitrogen and oxygen atoms in total. The van der Waals surface area contributed by atoms with Gasteiger partial charge in [0.05, 0.1) is 27.1 Å². The van der Waals surface area contributed by atoms with Crippen LogP contribution in [0.5, 0.6) is 0 Å². The molecular formula is C38H34F6N4O9S2. The van der Waals surface area contributed by atoms with Crippen molar-refractivity contribution < 1.29 is 59.0 Å². The lowest BCUT2D eigenvalue weighted by Gasteiger charge is -2.22. The zero-order valence-corrected chi connectivity index (χ0v) is 32.4. The quantitative estimate of drug-likeness (QED) is 0.0530. The molecule has 0 aliphatic carbocycles. The Morgan fingerprint density at radius 3 is 1.47 bits per heavy atom. The van der Waals surface area contributed by atoms with Crippen molar-refractivity contribution >= 4 is 53.8 Å². The summed E-state index contributed by atoms with van der Waals surface area (Å²) < 4.78 is 116. The fourth-order valence-electron chi connectivity index (χ4n) is 6.26. The van der Waals surface area contributed by atoms with Crippen LogP contribution in [0.2, 0.25) is 0 Å². The van der Waals surface area contributed by atoms with E-state index in [1.165, 1.54) is 26.0 Å². The van der Waals surface area contributed by atoms with E-state index in [4.69, 9.17) is 0 Å². The molecule has 2 aromatic heterocycles. The second-order valence-electron chi connectivity index (χ2n) is 14.1. The highest BCUT2D eigenvalue weighted by atomic mass is 32.2. The SMILES string of the molecule is CC(O)(CS(=O)(=O)Cc1ccccc1)c1cc2cc([N+](=O)[O-])c(C(F)(F)F)cc2[nH]1.CC(O)(CS(=O)Cc1ccccc1)c1cc2cc([N+](=O)[O-])c(C(F)(F)F)cc2[nH]1. The Bertz CT molecular complexity index is 2640. The third kappa shape index (κ3) is 10.9. The number of rotatable bonds is 12. The number of benzene rings is 4. The van der Waals surface area contributed by atoms with Gasteiger partial charge >= 0.3 is 12.4 Å². The van der Waals surface area contributed by atoms with Crippen LogP contribution < -0.4 is 0 Å². The number of aromatic nitrogens is 2. The van der Waals surface area contributed by atoms with Gasteiger partial charge in [-0.25, -0.2) is 8.42 Å². The minimum absolute atomic E-state index is 0.00737. The molecule has 0 aliphatic heterocycles. The molecule has 4 aromatic carbocycles. The Balaban J connectivity index is 0.000000224. The standard InChI is InChI=1S/C19H17F3N2O5S.C19H17F3N2O4S/c1-18(25,11-30(28,29)10-12-5-3-2-4-6-12)17-8-13-7-16(24(26)27)14(19(20,21)22)9-15(13)23-17;1-18(25,11-29(28)10-12-5-3-2-4-6-12)17-8-13-7-16(24(26)27)14(19(20,21)22)9-15(13)23-17/h2-9,23,25H,10-11H2,1H3;2-9,23,25H,10-11H2,1H3. The van der Waals surface area contributed by atoms with Gasteiger partial charge in [0.2, 0.25) is 0 Å². The van der Waals surface area contributed by atoms with E-state index in [9.17, 15) is 69.4 Å². The van der Waals surface area contributed by atoms with Crippen LogP contribution in [0.15, 0.2) is 97.1 Å². The van der Waals surface area contributed by atoms with Gasteiger partial charge in [-0.05, 0) is 49.2 Å². The van der Waals surface area contributed by atoms with Gasteiger partial charge in [-0.1, -0.05) is 60.7 Å². The van der Waals surface area contributed by atoms with Crippen molar-refractivity contribution in [3.8, 4) is 0 Å². The van der Waals surface area contributed by atoms with Gasteiger partial charge in [-0.15, -0.1) is 0 Å². The fraction of sp³-hybridized carbons (Fsp3) is 0.263. The molecule has 4 N–H and O–H groups in total. The third-order valence-electron chi connectivity index (χ3n) is 8.98. The first-order chi connectivity index (χ1) is 27.3. The molecule has 2 heterocycles. The second-order valence-corrected chi connectivity index (χ2v) is 17.6. The maximum atomic E-state index is 13.2. The maximum Gasteiger partial charge on any atom is 0.423 e. The predicted octanol–water partition coefficient (Wildman–Crippen LogP) is 8.17. The first kappa shape index (κ1) is 44.5. The monoisotopic (exact) mass is 868 g/mol. The van der Waals surface area contributed by atoms with Gasteiger partial charge < -0.3 is 20.2 Å². The van der Waals surface area contributed by atoms with Gasteiger partial charge in [0.1, 0.15) is 22.3 Å². The summed E-state index contributed by atoms with van der Waals surface area (Å²) in [5.74, 6) is -0.978. The van der Waals surface area contributed by atoms with Gasteiger partial charge in [-0.3, -0.25) is 24.4 Å². The van der Waals surface area contributed by atoms with Crippen LogP contribution in [0.4, 0.5) is 37.7 Å². The number of nitrogens with one attached hydrogen (secondary N) is 2. The highest BCUT2D eigenvalue weighted by Gasteiger charge is 2.41. The molecule has 6 aromatic rings. The predicted molar refractivity (Wildman–Crippen MR) is 206 cm³/mol. The molecule has 0 bridgehead atoms. The molecule has 0 saturated carbocycles.